The van der Waals surface area contributed by atoms with Crippen molar-refractivity contribution in [3.8, 4) is 11.5 Å². The van der Waals surface area contributed by atoms with Crippen molar-refractivity contribution in [3.63, 3.8) is 0 Å². The second-order valence-corrected chi connectivity index (χ2v) is 7.75. The van der Waals surface area contributed by atoms with Crippen LogP contribution in [-0.4, -0.2) is 43.0 Å². The SMILES string of the molecule is CCCNC(=O)[C@@H](CC)N(Cc1cccc(OC)c1)C(=O)COc1ccc(Br)cc1. The zero-order valence-corrected chi connectivity index (χ0v) is 19.3. The molecule has 0 radical (unpaired) electrons. The van der Waals surface area contributed by atoms with E-state index in [4.69, 9.17) is 9.47 Å². The minimum Gasteiger partial charge on any atom is -0.497 e. The van der Waals surface area contributed by atoms with Crippen LogP contribution in [0.5, 0.6) is 11.5 Å². The van der Waals surface area contributed by atoms with Gasteiger partial charge in [-0.3, -0.25) is 9.59 Å². The number of ether oxygens (including phenoxy) is 2. The summed E-state index contributed by atoms with van der Waals surface area (Å²) in [6, 6.07) is 14.2. The molecule has 0 unspecified atom stereocenters. The number of nitrogens with one attached hydrogen (secondary N) is 1. The van der Waals surface area contributed by atoms with E-state index in [9.17, 15) is 9.59 Å². The van der Waals surface area contributed by atoms with Crippen LogP contribution in [0.25, 0.3) is 0 Å². The average Bonchev–Trinajstić information content (AvgIpc) is 2.77. The number of carbonyl (C=O) groups is 2. The van der Waals surface area contributed by atoms with Crippen LogP contribution in [0.15, 0.2) is 53.0 Å². The van der Waals surface area contributed by atoms with Gasteiger partial charge in [-0.05, 0) is 54.8 Å². The van der Waals surface area contributed by atoms with Gasteiger partial charge in [-0.15, -0.1) is 0 Å². The van der Waals surface area contributed by atoms with Crippen molar-refractivity contribution < 1.29 is 19.1 Å². The van der Waals surface area contributed by atoms with Crippen LogP contribution in [0.4, 0.5) is 0 Å². The van der Waals surface area contributed by atoms with Gasteiger partial charge in [-0.2, -0.15) is 0 Å². The molecule has 2 amide bonds. The van der Waals surface area contributed by atoms with Crippen LogP contribution in [0.3, 0.4) is 0 Å². The second kappa shape index (κ2) is 12.2. The summed E-state index contributed by atoms with van der Waals surface area (Å²) in [7, 11) is 1.60. The lowest BCUT2D eigenvalue weighted by Crippen LogP contribution is -2.50. The predicted molar refractivity (Wildman–Crippen MR) is 121 cm³/mol. The number of benzene rings is 2. The summed E-state index contributed by atoms with van der Waals surface area (Å²) in [6.45, 7) is 4.61. The third-order valence-corrected chi connectivity index (χ3v) is 5.13. The first-order valence-electron chi connectivity index (χ1n) is 10.1. The molecule has 0 aliphatic heterocycles. The number of amides is 2. The molecule has 0 aromatic heterocycles. The van der Waals surface area contributed by atoms with Crippen LogP contribution in [0.2, 0.25) is 0 Å². The highest BCUT2D eigenvalue weighted by Crippen LogP contribution is 2.19. The number of nitrogens with zero attached hydrogens (tertiary/aromatic N) is 1. The molecule has 0 heterocycles. The van der Waals surface area contributed by atoms with E-state index in [0.29, 0.717) is 24.5 Å². The molecule has 1 N–H and O–H groups in total. The van der Waals surface area contributed by atoms with Gasteiger partial charge in [0.05, 0.1) is 7.11 Å². The van der Waals surface area contributed by atoms with E-state index in [1.165, 1.54) is 0 Å². The Morgan fingerprint density at radius 2 is 1.83 bits per heavy atom. The van der Waals surface area contributed by atoms with Gasteiger partial charge in [0.2, 0.25) is 5.91 Å². The zero-order chi connectivity index (χ0) is 21.9. The van der Waals surface area contributed by atoms with E-state index >= 15 is 0 Å². The maximum atomic E-state index is 13.1. The number of hydrogen-bond donors (Lipinski definition) is 1. The van der Waals surface area contributed by atoms with Crippen LogP contribution < -0.4 is 14.8 Å². The first kappa shape index (κ1) is 23.7. The van der Waals surface area contributed by atoms with Crippen LogP contribution in [0.1, 0.15) is 32.3 Å². The van der Waals surface area contributed by atoms with Crippen molar-refractivity contribution in [2.45, 2.75) is 39.3 Å². The van der Waals surface area contributed by atoms with Gasteiger partial charge < -0.3 is 19.7 Å². The fraction of sp³-hybridized carbons (Fsp3) is 0.391. The lowest BCUT2D eigenvalue weighted by Gasteiger charge is -2.30. The first-order valence-corrected chi connectivity index (χ1v) is 10.9. The van der Waals surface area contributed by atoms with Gasteiger partial charge in [-0.25, -0.2) is 0 Å². The standard InChI is InChI=1S/C23H29BrN2O4/c1-4-13-25-23(28)21(5-2)26(15-17-7-6-8-20(14-17)29-3)22(27)16-30-19-11-9-18(24)10-12-19/h6-12,14,21H,4-5,13,15-16H2,1-3H3,(H,25,28)/t21-/m1/s1. The van der Waals surface area contributed by atoms with Crippen LogP contribution in [0, 0.1) is 0 Å². The summed E-state index contributed by atoms with van der Waals surface area (Å²) in [6.07, 6.45) is 1.34. The van der Waals surface area contributed by atoms with Crippen molar-refractivity contribution in [2.24, 2.45) is 0 Å². The third-order valence-electron chi connectivity index (χ3n) is 4.60. The number of rotatable bonds is 11. The van der Waals surface area contributed by atoms with Gasteiger partial charge in [0.1, 0.15) is 17.5 Å². The number of hydrogen-bond acceptors (Lipinski definition) is 4. The zero-order valence-electron chi connectivity index (χ0n) is 17.7. The third kappa shape index (κ3) is 7.06. The normalized spacial score (nSPS) is 11.5. The van der Waals surface area contributed by atoms with Crippen molar-refractivity contribution in [1.29, 1.82) is 0 Å². The second-order valence-electron chi connectivity index (χ2n) is 6.83. The summed E-state index contributed by atoms with van der Waals surface area (Å²) >= 11 is 3.38. The molecule has 2 aromatic rings. The smallest absolute Gasteiger partial charge is 0.261 e. The minimum atomic E-state index is -0.580. The van der Waals surface area contributed by atoms with E-state index in [1.54, 1.807) is 24.1 Å². The summed E-state index contributed by atoms with van der Waals surface area (Å²) in [5, 5.41) is 2.90. The topological polar surface area (TPSA) is 67.9 Å². The molecule has 7 heteroatoms. The maximum Gasteiger partial charge on any atom is 0.261 e. The molecule has 6 nitrogen and oxygen atoms in total. The van der Waals surface area contributed by atoms with E-state index in [0.717, 1.165) is 16.5 Å². The molecule has 0 aliphatic carbocycles. The monoisotopic (exact) mass is 476 g/mol. The van der Waals surface area contributed by atoms with Gasteiger partial charge in [-0.1, -0.05) is 41.9 Å². The average molecular weight is 477 g/mol. The Morgan fingerprint density at radius 3 is 2.47 bits per heavy atom. The Kier molecular flexibility index (Phi) is 9.67. The lowest BCUT2D eigenvalue weighted by molar-refractivity contribution is -0.143. The van der Waals surface area contributed by atoms with Crippen molar-refractivity contribution in [1.82, 2.24) is 10.2 Å². The van der Waals surface area contributed by atoms with E-state index in [1.807, 2.05) is 50.2 Å². The fourth-order valence-electron chi connectivity index (χ4n) is 3.01. The first-order chi connectivity index (χ1) is 14.5. The molecular weight excluding hydrogens is 448 g/mol. The molecule has 0 fully saturated rings. The van der Waals surface area contributed by atoms with Crippen molar-refractivity contribution in [2.75, 3.05) is 20.3 Å². The minimum absolute atomic E-state index is 0.150. The summed E-state index contributed by atoms with van der Waals surface area (Å²) in [5.74, 6) is 0.893. The van der Waals surface area contributed by atoms with E-state index < -0.39 is 6.04 Å². The molecule has 0 bridgehead atoms. The molecule has 2 aromatic carbocycles. The highest BCUT2D eigenvalue weighted by molar-refractivity contribution is 9.10. The summed E-state index contributed by atoms with van der Waals surface area (Å²) < 4.78 is 11.9. The molecule has 0 saturated carbocycles. The Bertz CT molecular complexity index is 826. The maximum absolute atomic E-state index is 13.1. The molecule has 162 valence electrons. The molecule has 0 spiro atoms. The predicted octanol–water partition coefficient (Wildman–Crippen LogP) is 4.17. The Labute approximate surface area is 186 Å². The van der Waals surface area contributed by atoms with Crippen molar-refractivity contribution in [3.05, 3.63) is 58.6 Å². The van der Waals surface area contributed by atoms with E-state index in [2.05, 4.69) is 21.2 Å². The number of halogens is 1. The molecule has 0 saturated heterocycles. The molecule has 30 heavy (non-hydrogen) atoms. The molecule has 2 rings (SSSR count). The molecular formula is C23H29BrN2O4. The van der Waals surface area contributed by atoms with Gasteiger partial charge >= 0.3 is 0 Å². The van der Waals surface area contributed by atoms with Gasteiger partial charge in [0, 0.05) is 17.6 Å². The van der Waals surface area contributed by atoms with Crippen molar-refractivity contribution >= 4 is 27.7 Å². The lowest BCUT2D eigenvalue weighted by atomic mass is 10.1. The quantitative estimate of drug-likeness (QED) is 0.528. The Morgan fingerprint density at radius 1 is 1.10 bits per heavy atom. The molecule has 0 aliphatic rings. The molecule has 1 atom stereocenters. The van der Waals surface area contributed by atoms with E-state index in [-0.39, 0.29) is 25.0 Å². The van der Waals surface area contributed by atoms with Crippen LogP contribution >= 0.6 is 15.9 Å². The number of methoxy groups -OCH3 is 1. The Hall–Kier alpha value is -2.54. The highest BCUT2D eigenvalue weighted by Gasteiger charge is 2.28. The summed E-state index contributed by atoms with van der Waals surface area (Å²) in [5.41, 5.74) is 0.882. The Balaban J connectivity index is 2.20. The largest absolute Gasteiger partial charge is 0.497 e. The van der Waals surface area contributed by atoms with Gasteiger partial charge in [0.15, 0.2) is 6.61 Å². The number of carbonyl (C=O) groups excluding carboxylic acids is 2. The van der Waals surface area contributed by atoms with Gasteiger partial charge in [0.25, 0.3) is 5.91 Å². The van der Waals surface area contributed by atoms with Crippen LogP contribution in [-0.2, 0) is 16.1 Å². The fourth-order valence-corrected chi connectivity index (χ4v) is 3.28. The summed E-state index contributed by atoms with van der Waals surface area (Å²) in [4.78, 5) is 27.4. The highest BCUT2D eigenvalue weighted by atomic mass is 79.9.